The number of esters is 1. The van der Waals surface area contributed by atoms with Crippen LogP contribution in [0.15, 0.2) is 30.3 Å². The average Bonchev–Trinajstić information content (AvgIpc) is 2.29. The number of rotatable bonds is 4. The van der Waals surface area contributed by atoms with E-state index in [1.807, 2.05) is 30.3 Å². The molecule has 0 aliphatic heterocycles. The van der Waals surface area contributed by atoms with Gasteiger partial charge in [0.15, 0.2) is 5.60 Å². The minimum Gasteiger partial charge on any atom is -0.467 e. The van der Waals surface area contributed by atoms with Crippen molar-refractivity contribution in [3.8, 4) is 0 Å². The Bertz CT molecular complexity index is 321. The summed E-state index contributed by atoms with van der Waals surface area (Å²) in [6.45, 7) is 1.73. The van der Waals surface area contributed by atoms with Crippen molar-refractivity contribution in [2.75, 3.05) is 14.2 Å². The van der Waals surface area contributed by atoms with Crippen molar-refractivity contribution in [3.63, 3.8) is 0 Å². The molecule has 0 N–H and O–H groups in total. The topological polar surface area (TPSA) is 35.5 Å². The molecule has 1 rings (SSSR count). The van der Waals surface area contributed by atoms with Gasteiger partial charge in [-0.25, -0.2) is 4.79 Å². The quantitative estimate of drug-likeness (QED) is 0.708. The summed E-state index contributed by atoms with van der Waals surface area (Å²) < 4.78 is 9.93. The molecule has 3 heteroatoms. The van der Waals surface area contributed by atoms with E-state index in [9.17, 15) is 4.79 Å². The Kier molecular flexibility index (Phi) is 3.86. The molecule has 1 atom stereocenters. The van der Waals surface area contributed by atoms with E-state index < -0.39 is 5.60 Å². The van der Waals surface area contributed by atoms with E-state index in [0.717, 1.165) is 5.56 Å². The van der Waals surface area contributed by atoms with Crippen molar-refractivity contribution in [3.05, 3.63) is 35.9 Å². The molecule has 0 spiro atoms. The lowest BCUT2D eigenvalue weighted by Crippen LogP contribution is -2.40. The number of benzene rings is 1. The van der Waals surface area contributed by atoms with Gasteiger partial charge in [0, 0.05) is 13.5 Å². The van der Waals surface area contributed by atoms with E-state index in [1.165, 1.54) is 14.2 Å². The zero-order chi connectivity index (χ0) is 11.3. The summed E-state index contributed by atoms with van der Waals surface area (Å²) in [6.07, 6.45) is 0.511. The van der Waals surface area contributed by atoms with E-state index in [2.05, 4.69) is 0 Å². The van der Waals surface area contributed by atoms with Crippen LogP contribution >= 0.6 is 0 Å². The molecule has 0 heterocycles. The van der Waals surface area contributed by atoms with Crippen molar-refractivity contribution in [1.82, 2.24) is 0 Å². The summed E-state index contributed by atoms with van der Waals surface area (Å²) in [7, 11) is 2.88. The van der Waals surface area contributed by atoms with Gasteiger partial charge in [-0.3, -0.25) is 0 Å². The highest BCUT2D eigenvalue weighted by Gasteiger charge is 2.34. The van der Waals surface area contributed by atoms with Crippen LogP contribution in [-0.2, 0) is 20.7 Å². The van der Waals surface area contributed by atoms with Gasteiger partial charge in [-0.2, -0.15) is 0 Å². The fourth-order valence-electron chi connectivity index (χ4n) is 1.43. The SMILES string of the molecule is COC(=O)[C@@](C)(Cc1ccccc1)OC. The molecule has 0 saturated heterocycles. The molecular weight excluding hydrogens is 192 g/mol. The largest absolute Gasteiger partial charge is 0.467 e. The van der Waals surface area contributed by atoms with Crippen LogP contribution in [0.5, 0.6) is 0 Å². The Balaban J connectivity index is 2.81. The molecule has 0 amide bonds. The first-order valence-electron chi connectivity index (χ1n) is 4.80. The molecule has 82 valence electrons. The van der Waals surface area contributed by atoms with Gasteiger partial charge in [0.2, 0.25) is 0 Å². The van der Waals surface area contributed by atoms with Crippen LogP contribution in [0.3, 0.4) is 0 Å². The Labute approximate surface area is 90.0 Å². The maximum atomic E-state index is 11.5. The molecule has 3 nitrogen and oxygen atoms in total. The molecule has 0 radical (unpaired) electrons. The van der Waals surface area contributed by atoms with Crippen molar-refractivity contribution < 1.29 is 14.3 Å². The van der Waals surface area contributed by atoms with E-state index >= 15 is 0 Å². The van der Waals surface area contributed by atoms with Gasteiger partial charge in [-0.05, 0) is 12.5 Å². The van der Waals surface area contributed by atoms with Gasteiger partial charge >= 0.3 is 5.97 Å². The Morgan fingerprint density at radius 2 is 1.87 bits per heavy atom. The summed E-state index contributed by atoms with van der Waals surface area (Å²) in [5.74, 6) is -0.353. The fourth-order valence-corrected chi connectivity index (χ4v) is 1.43. The molecule has 15 heavy (non-hydrogen) atoms. The number of hydrogen-bond acceptors (Lipinski definition) is 3. The van der Waals surface area contributed by atoms with Crippen molar-refractivity contribution >= 4 is 5.97 Å². The molecule has 0 aliphatic rings. The minimum atomic E-state index is -0.907. The third-order valence-electron chi connectivity index (χ3n) is 2.45. The van der Waals surface area contributed by atoms with E-state index in [1.54, 1.807) is 6.92 Å². The fraction of sp³-hybridized carbons (Fsp3) is 0.417. The molecule has 0 aromatic heterocycles. The first-order valence-corrected chi connectivity index (χ1v) is 4.80. The number of hydrogen-bond donors (Lipinski definition) is 0. The van der Waals surface area contributed by atoms with Crippen LogP contribution in [0.1, 0.15) is 12.5 Å². The molecule has 0 bridgehead atoms. The molecule has 1 aromatic carbocycles. The highest BCUT2D eigenvalue weighted by molar-refractivity contribution is 5.79. The standard InChI is InChI=1S/C12H16O3/c1-12(15-3,11(13)14-2)9-10-7-5-4-6-8-10/h4-8H,9H2,1-3H3/t12-/m1/s1. The first kappa shape index (κ1) is 11.7. The summed E-state index contributed by atoms with van der Waals surface area (Å²) in [6, 6.07) is 9.72. The second-order valence-electron chi connectivity index (χ2n) is 3.59. The summed E-state index contributed by atoms with van der Waals surface area (Å²) >= 11 is 0. The van der Waals surface area contributed by atoms with Crippen molar-refractivity contribution in [1.29, 1.82) is 0 Å². The van der Waals surface area contributed by atoms with Crippen LogP contribution < -0.4 is 0 Å². The first-order chi connectivity index (χ1) is 7.12. The number of ether oxygens (including phenoxy) is 2. The molecule has 0 saturated carbocycles. The van der Waals surface area contributed by atoms with Crippen LogP contribution in [0, 0.1) is 0 Å². The molecule has 1 aromatic rings. The number of methoxy groups -OCH3 is 2. The lowest BCUT2D eigenvalue weighted by Gasteiger charge is -2.24. The van der Waals surface area contributed by atoms with Crippen LogP contribution in [0.4, 0.5) is 0 Å². The summed E-state index contributed by atoms with van der Waals surface area (Å²) in [5, 5.41) is 0. The van der Waals surface area contributed by atoms with Crippen molar-refractivity contribution in [2.24, 2.45) is 0 Å². The highest BCUT2D eigenvalue weighted by Crippen LogP contribution is 2.18. The van der Waals surface area contributed by atoms with Gasteiger partial charge < -0.3 is 9.47 Å². The van der Waals surface area contributed by atoms with Crippen molar-refractivity contribution in [2.45, 2.75) is 18.9 Å². The maximum absolute atomic E-state index is 11.5. The Morgan fingerprint density at radius 1 is 1.27 bits per heavy atom. The predicted molar refractivity (Wildman–Crippen MR) is 57.6 cm³/mol. The van der Waals surface area contributed by atoms with Gasteiger partial charge in [-0.15, -0.1) is 0 Å². The van der Waals surface area contributed by atoms with Gasteiger partial charge in [0.05, 0.1) is 7.11 Å². The summed E-state index contributed by atoms with van der Waals surface area (Å²) in [4.78, 5) is 11.5. The zero-order valence-electron chi connectivity index (χ0n) is 9.32. The maximum Gasteiger partial charge on any atom is 0.338 e. The monoisotopic (exact) mass is 208 g/mol. The molecule has 0 aliphatic carbocycles. The minimum absolute atomic E-state index is 0.353. The lowest BCUT2D eigenvalue weighted by molar-refractivity contribution is -0.163. The number of carbonyl (C=O) groups is 1. The van der Waals surface area contributed by atoms with Gasteiger partial charge in [0.1, 0.15) is 0 Å². The van der Waals surface area contributed by atoms with Gasteiger partial charge in [0.25, 0.3) is 0 Å². The Morgan fingerprint density at radius 3 is 2.33 bits per heavy atom. The average molecular weight is 208 g/mol. The molecule has 0 fully saturated rings. The normalized spacial score (nSPS) is 14.3. The molecular formula is C12H16O3. The van der Waals surface area contributed by atoms with E-state index in [0.29, 0.717) is 6.42 Å². The molecule has 0 unspecified atom stereocenters. The second-order valence-corrected chi connectivity index (χ2v) is 3.59. The van der Waals surface area contributed by atoms with Crippen LogP contribution in [0.2, 0.25) is 0 Å². The predicted octanol–water partition coefficient (Wildman–Crippen LogP) is 1.81. The van der Waals surface area contributed by atoms with E-state index in [4.69, 9.17) is 9.47 Å². The third kappa shape index (κ3) is 2.80. The van der Waals surface area contributed by atoms with Gasteiger partial charge in [-0.1, -0.05) is 30.3 Å². The highest BCUT2D eigenvalue weighted by atomic mass is 16.6. The number of carbonyl (C=O) groups excluding carboxylic acids is 1. The van der Waals surface area contributed by atoms with E-state index in [-0.39, 0.29) is 5.97 Å². The Hall–Kier alpha value is -1.35. The summed E-state index contributed by atoms with van der Waals surface area (Å²) in [5.41, 5.74) is 0.142. The van der Waals surface area contributed by atoms with Crippen LogP contribution in [-0.4, -0.2) is 25.8 Å². The zero-order valence-corrected chi connectivity index (χ0v) is 9.32. The smallest absolute Gasteiger partial charge is 0.338 e. The lowest BCUT2D eigenvalue weighted by atomic mass is 9.96. The van der Waals surface area contributed by atoms with Crippen LogP contribution in [0.25, 0.3) is 0 Å². The second kappa shape index (κ2) is 4.94. The third-order valence-corrected chi connectivity index (χ3v) is 2.45.